The lowest BCUT2D eigenvalue weighted by Crippen LogP contribution is -2.45. The van der Waals surface area contributed by atoms with Crippen LogP contribution in [0.5, 0.6) is 0 Å². The summed E-state index contributed by atoms with van der Waals surface area (Å²) in [6.07, 6.45) is 8.71. The summed E-state index contributed by atoms with van der Waals surface area (Å²) in [6, 6.07) is 0.587. The summed E-state index contributed by atoms with van der Waals surface area (Å²) < 4.78 is 11.1. The third-order valence-corrected chi connectivity index (χ3v) is 5.20. The minimum Gasteiger partial charge on any atom is -0.381 e. The van der Waals surface area contributed by atoms with Gasteiger partial charge in [0.15, 0.2) is 5.96 Å². The van der Waals surface area contributed by atoms with Crippen LogP contribution in [0.4, 0.5) is 0 Å². The van der Waals surface area contributed by atoms with E-state index in [1.807, 2.05) is 0 Å². The van der Waals surface area contributed by atoms with Crippen LogP contribution < -0.4 is 10.6 Å². The molecule has 2 rings (SSSR count). The predicted octanol–water partition coefficient (Wildman–Crippen LogP) is 2.95. The molecule has 2 N–H and O–H groups in total. The molecule has 2 fully saturated rings. The van der Waals surface area contributed by atoms with Crippen LogP contribution >= 0.6 is 0 Å². The Kier molecular flexibility index (Phi) is 9.51. The van der Waals surface area contributed by atoms with Crippen LogP contribution in [0.3, 0.4) is 0 Å². The first kappa shape index (κ1) is 19.5. The van der Waals surface area contributed by atoms with Crippen molar-refractivity contribution in [3.63, 3.8) is 0 Å². The van der Waals surface area contributed by atoms with Gasteiger partial charge in [0.1, 0.15) is 0 Å². The highest BCUT2D eigenvalue weighted by atomic mass is 16.5. The number of nitrogens with one attached hydrogen (secondary N) is 2. The van der Waals surface area contributed by atoms with E-state index in [0.717, 1.165) is 64.2 Å². The van der Waals surface area contributed by atoms with Gasteiger partial charge in [0.2, 0.25) is 0 Å². The first-order valence-electron chi connectivity index (χ1n) is 10.0. The van der Waals surface area contributed by atoms with Crippen LogP contribution in [0, 0.1) is 11.8 Å². The Labute approximate surface area is 148 Å². The molecule has 0 radical (unpaired) electrons. The van der Waals surface area contributed by atoms with E-state index in [9.17, 15) is 0 Å². The van der Waals surface area contributed by atoms with E-state index in [0.29, 0.717) is 12.0 Å². The van der Waals surface area contributed by atoms with Crippen molar-refractivity contribution in [2.24, 2.45) is 16.8 Å². The maximum atomic E-state index is 5.74. The quantitative estimate of drug-likeness (QED) is 0.385. The molecular weight excluding hydrogens is 302 g/mol. The summed E-state index contributed by atoms with van der Waals surface area (Å²) in [5, 5.41) is 6.99. The van der Waals surface area contributed by atoms with E-state index in [4.69, 9.17) is 14.5 Å². The zero-order valence-electron chi connectivity index (χ0n) is 15.7. The molecule has 1 unspecified atom stereocenters. The predicted molar refractivity (Wildman–Crippen MR) is 99.5 cm³/mol. The van der Waals surface area contributed by atoms with Crippen LogP contribution in [0.15, 0.2) is 4.99 Å². The highest BCUT2D eigenvalue weighted by Gasteiger charge is 2.20. The fourth-order valence-electron chi connectivity index (χ4n) is 3.55. The molecule has 0 amide bonds. The first-order valence-corrected chi connectivity index (χ1v) is 10.0. The topological polar surface area (TPSA) is 54.9 Å². The second kappa shape index (κ2) is 11.7. The number of hydrogen-bond donors (Lipinski definition) is 2. The van der Waals surface area contributed by atoms with Gasteiger partial charge in [-0.2, -0.15) is 0 Å². The van der Waals surface area contributed by atoms with E-state index in [-0.39, 0.29) is 0 Å². The fraction of sp³-hybridized carbons (Fsp3) is 0.947. The van der Waals surface area contributed by atoms with Crippen molar-refractivity contribution >= 4 is 5.96 Å². The second-order valence-electron chi connectivity index (χ2n) is 7.19. The number of hydrogen-bond acceptors (Lipinski definition) is 3. The number of ether oxygens (including phenoxy) is 2. The van der Waals surface area contributed by atoms with Crippen molar-refractivity contribution in [3.05, 3.63) is 0 Å². The van der Waals surface area contributed by atoms with Gasteiger partial charge in [-0.15, -0.1) is 0 Å². The monoisotopic (exact) mass is 339 g/mol. The molecule has 1 aliphatic carbocycles. The number of guanidine groups is 1. The zero-order valence-corrected chi connectivity index (χ0v) is 15.7. The van der Waals surface area contributed by atoms with Crippen molar-refractivity contribution < 1.29 is 9.47 Å². The minimum absolute atomic E-state index is 0.587. The minimum atomic E-state index is 0.587. The molecule has 0 aromatic rings. The van der Waals surface area contributed by atoms with Crippen LogP contribution in [-0.4, -0.2) is 51.5 Å². The maximum Gasteiger partial charge on any atom is 0.191 e. The summed E-state index contributed by atoms with van der Waals surface area (Å²) in [7, 11) is 0. The molecule has 0 aromatic heterocycles. The van der Waals surface area contributed by atoms with Crippen LogP contribution in [-0.2, 0) is 9.47 Å². The van der Waals surface area contributed by atoms with Crippen LogP contribution in [0.25, 0.3) is 0 Å². The molecule has 2 aliphatic rings. The van der Waals surface area contributed by atoms with Gasteiger partial charge in [-0.1, -0.05) is 13.3 Å². The smallest absolute Gasteiger partial charge is 0.191 e. The summed E-state index contributed by atoms with van der Waals surface area (Å²) in [5.74, 6) is 2.51. The molecular formula is C19H37N3O2. The summed E-state index contributed by atoms with van der Waals surface area (Å²) in [5.41, 5.74) is 0. The lowest BCUT2D eigenvalue weighted by Gasteiger charge is -2.29. The van der Waals surface area contributed by atoms with E-state index >= 15 is 0 Å². The lowest BCUT2D eigenvalue weighted by atomic mass is 9.84. The largest absolute Gasteiger partial charge is 0.381 e. The molecule has 140 valence electrons. The van der Waals surface area contributed by atoms with E-state index in [2.05, 4.69) is 24.5 Å². The fourth-order valence-corrected chi connectivity index (χ4v) is 3.55. The van der Waals surface area contributed by atoms with Gasteiger partial charge in [-0.3, -0.25) is 4.99 Å². The molecule has 5 nitrogen and oxygen atoms in total. The molecule has 0 spiro atoms. The van der Waals surface area contributed by atoms with Crippen molar-refractivity contribution in [2.45, 2.75) is 64.8 Å². The summed E-state index contributed by atoms with van der Waals surface area (Å²) >= 11 is 0. The average molecular weight is 340 g/mol. The summed E-state index contributed by atoms with van der Waals surface area (Å²) in [6.45, 7) is 9.56. The van der Waals surface area contributed by atoms with Gasteiger partial charge in [0.05, 0.1) is 13.2 Å². The molecule has 1 heterocycles. The zero-order chi connectivity index (χ0) is 17.0. The SMILES string of the molecule is CCNC(=NCCCOCC1CCOC1)NC1CCC(CC)CC1. The Morgan fingerprint density at radius 1 is 1.12 bits per heavy atom. The Bertz CT molecular complexity index is 349. The van der Waals surface area contributed by atoms with Crippen molar-refractivity contribution in [3.8, 4) is 0 Å². The lowest BCUT2D eigenvalue weighted by molar-refractivity contribution is 0.0893. The molecule has 0 bridgehead atoms. The van der Waals surface area contributed by atoms with Gasteiger partial charge in [0, 0.05) is 38.3 Å². The van der Waals surface area contributed by atoms with Gasteiger partial charge in [-0.05, 0) is 51.4 Å². The number of aliphatic imine (C=N–C) groups is 1. The maximum absolute atomic E-state index is 5.74. The molecule has 1 saturated heterocycles. The highest BCUT2D eigenvalue weighted by molar-refractivity contribution is 5.80. The third kappa shape index (κ3) is 7.39. The molecule has 5 heteroatoms. The van der Waals surface area contributed by atoms with Crippen LogP contribution in [0.1, 0.15) is 58.8 Å². The molecule has 24 heavy (non-hydrogen) atoms. The van der Waals surface area contributed by atoms with E-state index in [1.54, 1.807) is 0 Å². The van der Waals surface area contributed by atoms with Crippen molar-refractivity contribution in [1.29, 1.82) is 0 Å². The Hall–Kier alpha value is -0.810. The van der Waals surface area contributed by atoms with Gasteiger partial charge >= 0.3 is 0 Å². The standard InChI is InChI=1S/C19H37N3O2/c1-3-16-6-8-18(9-7-16)22-19(20-4-2)21-11-5-12-23-14-17-10-13-24-15-17/h16-18H,3-15H2,1-2H3,(H2,20,21,22). The normalized spacial score (nSPS) is 28.1. The Balaban J connectivity index is 1.59. The molecule has 0 aromatic carbocycles. The Morgan fingerprint density at radius 2 is 1.96 bits per heavy atom. The number of rotatable bonds is 9. The van der Waals surface area contributed by atoms with Gasteiger partial charge in [0.25, 0.3) is 0 Å². The number of nitrogens with zero attached hydrogens (tertiary/aromatic N) is 1. The second-order valence-corrected chi connectivity index (χ2v) is 7.19. The van der Waals surface area contributed by atoms with Crippen molar-refractivity contribution in [2.75, 3.05) is 39.5 Å². The highest BCUT2D eigenvalue weighted by Crippen LogP contribution is 2.26. The average Bonchev–Trinajstić information content (AvgIpc) is 3.12. The van der Waals surface area contributed by atoms with Gasteiger partial charge < -0.3 is 20.1 Å². The van der Waals surface area contributed by atoms with Crippen LogP contribution in [0.2, 0.25) is 0 Å². The van der Waals surface area contributed by atoms with E-state index in [1.165, 1.54) is 32.1 Å². The third-order valence-electron chi connectivity index (χ3n) is 5.20. The molecule has 1 saturated carbocycles. The van der Waals surface area contributed by atoms with Gasteiger partial charge in [-0.25, -0.2) is 0 Å². The molecule has 1 aliphatic heterocycles. The summed E-state index contributed by atoms with van der Waals surface area (Å²) in [4.78, 5) is 4.71. The Morgan fingerprint density at radius 3 is 2.62 bits per heavy atom. The first-order chi connectivity index (χ1) is 11.8. The van der Waals surface area contributed by atoms with E-state index < -0.39 is 0 Å². The van der Waals surface area contributed by atoms with Crippen molar-refractivity contribution in [1.82, 2.24) is 10.6 Å². The molecule has 1 atom stereocenters.